The Morgan fingerprint density at radius 2 is 1.72 bits per heavy atom. The van der Waals surface area contributed by atoms with Crippen molar-refractivity contribution in [3.63, 3.8) is 0 Å². The molecular weight excluding hydrogens is 338 g/mol. The molecule has 1 aliphatic heterocycles. The SMILES string of the molecule is Cc1cc(N2Cc3ccccc3S2(=O)=O)nc(Oc2ccccc2)n1. The Labute approximate surface area is 145 Å². The molecule has 1 aromatic heterocycles. The molecule has 2 heterocycles. The van der Waals surface area contributed by atoms with Gasteiger partial charge in [0.2, 0.25) is 0 Å². The predicted octanol–water partition coefficient (Wildman–Crippen LogP) is 3.29. The predicted molar refractivity (Wildman–Crippen MR) is 93.1 cm³/mol. The molecule has 0 atom stereocenters. The Bertz CT molecular complexity index is 1040. The Balaban J connectivity index is 1.72. The van der Waals surface area contributed by atoms with Crippen molar-refractivity contribution in [1.82, 2.24) is 9.97 Å². The summed E-state index contributed by atoms with van der Waals surface area (Å²) in [6.45, 7) is 2.03. The van der Waals surface area contributed by atoms with Crippen molar-refractivity contribution < 1.29 is 13.2 Å². The average Bonchev–Trinajstić information content (AvgIpc) is 2.87. The van der Waals surface area contributed by atoms with Crippen LogP contribution in [0.2, 0.25) is 0 Å². The van der Waals surface area contributed by atoms with Crippen molar-refractivity contribution in [3.05, 3.63) is 71.9 Å². The van der Waals surface area contributed by atoms with Crippen LogP contribution in [0.3, 0.4) is 0 Å². The number of rotatable bonds is 3. The van der Waals surface area contributed by atoms with Gasteiger partial charge < -0.3 is 4.74 Å². The van der Waals surface area contributed by atoms with Gasteiger partial charge in [-0.1, -0.05) is 36.4 Å². The third kappa shape index (κ3) is 2.83. The zero-order chi connectivity index (χ0) is 17.4. The molecule has 0 fully saturated rings. The van der Waals surface area contributed by atoms with Gasteiger partial charge in [0.1, 0.15) is 11.6 Å². The van der Waals surface area contributed by atoms with Gasteiger partial charge in [0.25, 0.3) is 10.0 Å². The summed E-state index contributed by atoms with van der Waals surface area (Å²) >= 11 is 0. The van der Waals surface area contributed by atoms with E-state index in [9.17, 15) is 8.42 Å². The lowest BCUT2D eigenvalue weighted by molar-refractivity contribution is 0.440. The minimum atomic E-state index is -3.62. The summed E-state index contributed by atoms with van der Waals surface area (Å²) in [5, 5.41) is 0. The maximum absolute atomic E-state index is 12.8. The van der Waals surface area contributed by atoms with E-state index in [0.717, 1.165) is 5.56 Å². The summed E-state index contributed by atoms with van der Waals surface area (Å²) in [6.07, 6.45) is 0. The first-order chi connectivity index (χ1) is 12.0. The van der Waals surface area contributed by atoms with Gasteiger partial charge >= 0.3 is 6.01 Å². The molecule has 0 radical (unpaired) electrons. The van der Waals surface area contributed by atoms with Crippen LogP contribution in [0.15, 0.2) is 65.6 Å². The fourth-order valence-corrected chi connectivity index (χ4v) is 4.34. The van der Waals surface area contributed by atoms with Crippen LogP contribution in [0.25, 0.3) is 0 Å². The molecule has 4 rings (SSSR count). The van der Waals surface area contributed by atoms with Gasteiger partial charge in [0, 0.05) is 11.8 Å². The topological polar surface area (TPSA) is 72.4 Å². The standard InChI is InChI=1S/C18H15N3O3S/c1-13-11-17(20-18(19-13)24-15-8-3-2-4-9-15)21-12-14-7-5-6-10-16(14)25(21,22)23/h2-11H,12H2,1H3. The first-order valence-electron chi connectivity index (χ1n) is 7.73. The molecule has 1 aliphatic rings. The second kappa shape index (κ2) is 5.86. The van der Waals surface area contributed by atoms with Crippen LogP contribution in [0.1, 0.15) is 11.3 Å². The number of aryl methyl sites for hydroxylation is 1. The molecular formula is C18H15N3O3S. The van der Waals surface area contributed by atoms with Crippen LogP contribution in [-0.2, 0) is 16.6 Å². The largest absolute Gasteiger partial charge is 0.424 e. The molecule has 0 aliphatic carbocycles. The second-order valence-corrected chi connectivity index (χ2v) is 7.52. The molecule has 0 saturated carbocycles. The van der Waals surface area contributed by atoms with Crippen molar-refractivity contribution in [3.8, 4) is 11.8 Å². The lowest BCUT2D eigenvalue weighted by Gasteiger charge is -2.17. The van der Waals surface area contributed by atoms with Crippen LogP contribution in [0.4, 0.5) is 5.82 Å². The van der Waals surface area contributed by atoms with Gasteiger partial charge in [-0.05, 0) is 30.7 Å². The number of nitrogens with zero attached hydrogens (tertiary/aromatic N) is 3. The Kier molecular flexibility index (Phi) is 3.65. The molecule has 0 amide bonds. The van der Waals surface area contributed by atoms with Crippen molar-refractivity contribution in [1.29, 1.82) is 0 Å². The highest BCUT2D eigenvalue weighted by molar-refractivity contribution is 7.93. The fraction of sp³-hybridized carbons (Fsp3) is 0.111. The molecule has 2 aromatic carbocycles. The molecule has 126 valence electrons. The molecule has 7 heteroatoms. The number of fused-ring (bicyclic) bond motifs is 1. The van der Waals surface area contributed by atoms with E-state index in [0.29, 0.717) is 22.2 Å². The summed E-state index contributed by atoms with van der Waals surface area (Å²) in [5.41, 5.74) is 1.38. The summed E-state index contributed by atoms with van der Waals surface area (Å²) in [7, 11) is -3.62. The highest BCUT2D eigenvalue weighted by Crippen LogP contribution is 2.34. The van der Waals surface area contributed by atoms with Crippen molar-refractivity contribution in [2.24, 2.45) is 0 Å². The number of hydrogen-bond acceptors (Lipinski definition) is 5. The minimum absolute atomic E-state index is 0.118. The fourth-order valence-electron chi connectivity index (χ4n) is 2.74. The molecule has 25 heavy (non-hydrogen) atoms. The maximum atomic E-state index is 12.8. The smallest absolute Gasteiger partial charge is 0.324 e. The number of para-hydroxylation sites is 1. The van der Waals surface area contributed by atoms with Crippen LogP contribution >= 0.6 is 0 Å². The lowest BCUT2D eigenvalue weighted by Crippen LogP contribution is -2.25. The van der Waals surface area contributed by atoms with Crippen LogP contribution < -0.4 is 9.04 Å². The van der Waals surface area contributed by atoms with E-state index < -0.39 is 10.0 Å². The van der Waals surface area contributed by atoms with E-state index >= 15 is 0 Å². The van der Waals surface area contributed by atoms with E-state index in [1.807, 2.05) is 30.3 Å². The van der Waals surface area contributed by atoms with E-state index in [1.54, 1.807) is 37.3 Å². The highest BCUT2D eigenvalue weighted by atomic mass is 32.2. The molecule has 0 saturated heterocycles. The third-order valence-electron chi connectivity index (χ3n) is 3.88. The lowest BCUT2D eigenvalue weighted by atomic mass is 10.2. The Hall–Kier alpha value is -2.93. The molecule has 0 unspecified atom stereocenters. The van der Waals surface area contributed by atoms with Gasteiger partial charge in [0.15, 0.2) is 0 Å². The third-order valence-corrected chi connectivity index (χ3v) is 5.73. The number of anilines is 1. The van der Waals surface area contributed by atoms with Gasteiger partial charge in [0.05, 0.1) is 11.4 Å². The quantitative estimate of drug-likeness (QED) is 0.722. The number of benzene rings is 2. The van der Waals surface area contributed by atoms with Gasteiger partial charge in [-0.25, -0.2) is 17.7 Å². The first-order valence-corrected chi connectivity index (χ1v) is 9.17. The highest BCUT2D eigenvalue weighted by Gasteiger charge is 2.35. The zero-order valence-electron chi connectivity index (χ0n) is 13.5. The first kappa shape index (κ1) is 15.6. The number of aromatic nitrogens is 2. The summed E-state index contributed by atoms with van der Waals surface area (Å²) in [5.74, 6) is 0.890. The monoisotopic (exact) mass is 353 g/mol. The molecule has 0 bridgehead atoms. The summed E-state index contributed by atoms with van der Waals surface area (Å²) in [6, 6.07) is 17.9. The molecule has 0 N–H and O–H groups in total. The summed E-state index contributed by atoms with van der Waals surface area (Å²) in [4.78, 5) is 8.86. The number of ether oxygens (including phenoxy) is 1. The van der Waals surface area contributed by atoms with Gasteiger partial charge in [-0.3, -0.25) is 0 Å². The number of sulfonamides is 1. The second-order valence-electron chi connectivity index (χ2n) is 5.68. The number of hydrogen-bond donors (Lipinski definition) is 0. The van der Waals surface area contributed by atoms with Crippen molar-refractivity contribution in [2.75, 3.05) is 4.31 Å². The average molecular weight is 353 g/mol. The van der Waals surface area contributed by atoms with Crippen LogP contribution in [-0.4, -0.2) is 18.4 Å². The molecule has 3 aromatic rings. The van der Waals surface area contributed by atoms with Crippen molar-refractivity contribution >= 4 is 15.8 Å². The Morgan fingerprint density at radius 1 is 1.00 bits per heavy atom. The Morgan fingerprint density at radius 3 is 2.48 bits per heavy atom. The van der Waals surface area contributed by atoms with E-state index in [4.69, 9.17) is 4.74 Å². The van der Waals surface area contributed by atoms with Gasteiger partial charge in [-0.15, -0.1) is 0 Å². The van der Waals surface area contributed by atoms with Crippen LogP contribution in [0.5, 0.6) is 11.8 Å². The van der Waals surface area contributed by atoms with Crippen molar-refractivity contribution in [2.45, 2.75) is 18.4 Å². The zero-order valence-corrected chi connectivity index (χ0v) is 14.3. The van der Waals surface area contributed by atoms with E-state index in [1.165, 1.54) is 4.31 Å². The molecule has 0 spiro atoms. The van der Waals surface area contributed by atoms with E-state index in [2.05, 4.69) is 9.97 Å². The van der Waals surface area contributed by atoms with Crippen LogP contribution in [0, 0.1) is 6.92 Å². The summed E-state index contributed by atoms with van der Waals surface area (Å²) < 4.78 is 32.5. The maximum Gasteiger partial charge on any atom is 0.324 e. The molecule has 6 nitrogen and oxygen atoms in total. The normalized spacial score (nSPS) is 15.0. The van der Waals surface area contributed by atoms with Gasteiger partial charge in [-0.2, -0.15) is 4.98 Å². The van der Waals surface area contributed by atoms with E-state index in [-0.39, 0.29) is 12.6 Å². The minimum Gasteiger partial charge on any atom is -0.424 e.